The van der Waals surface area contributed by atoms with Crippen LogP contribution >= 0.6 is 15.9 Å². The lowest BCUT2D eigenvalue weighted by Crippen LogP contribution is -2.13. The molecule has 96 valence electrons. The summed E-state index contributed by atoms with van der Waals surface area (Å²) in [4.78, 5) is 0. The van der Waals surface area contributed by atoms with Crippen LogP contribution in [-0.2, 0) is 9.47 Å². The van der Waals surface area contributed by atoms with E-state index in [0.29, 0.717) is 18.5 Å². The number of ether oxygens (including phenoxy) is 2. The molecule has 17 heavy (non-hydrogen) atoms. The highest BCUT2D eigenvalue weighted by Crippen LogP contribution is 2.20. The molecule has 1 unspecified atom stereocenters. The fourth-order valence-corrected chi connectivity index (χ4v) is 1.97. The molecule has 0 aliphatic rings. The SMILES string of the molecule is CC(C)OCCOC(CBr)c1cccc(F)c1. The molecule has 0 N–H and O–H groups in total. The predicted molar refractivity (Wildman–Crippen MR) is 70.0 cm³/mol. The van der Waals surface area contributed by atoms with E-state index < -0.39 is 0 Å². The third kappa shape index (κ3) is 5.61. The second kappa shape index (κ2) is 7.80. The van der Waals surface area contributed by atoms with Crippen molar-refractivity contribution >= 4 is 15.9 Å². The van der Waals surface area contributed by atoms with E-state index in [9.17, 15) is 4.39 Å². The Hall–Kier alpha value is -0.450. The van der Waals surface area contributed by atoms with E-state index in [1.54, 1.807) is 6.07 Å². The number of halogens is 2. The third-order valence-corrected chi connectivity index (χ3v) is 2.80. The highest BCUT2D eigenvalue weighted by molar-refractivity contribution is 9.09. The van der Waals surface area contributed by atoms with Gasteiger partial charge < -0.3 is 9.47 Å². The summed E-state index contributed by atoms with van der Waals surface area (Å²) in [5, 5.41) is 0.637. The van der Waals surface area contributed by atoms with Crippen LogP contribution in [0.1, 0.15) is 25.5 Å². The Morgan fingerprint density at radius 1 is 1.24 bits per heavy atom. The summed E-state index contributed by atoms with van der Waals surface area (Å²) in [5.74, 6) is -0.240. The molecule has 1 aromatic carbocycles. The molecular formula is C13H18BrFO2. The Morgan fingerprint density at radius 2 is 1.94 bits per heavy atom. The molecule has 0 radical (unpaired) electrons. The van der Waals surface area contributed by atoms with E-state index in [4.69, 9.17) is 9.47 Å². The number of benzene rings is 1. The van der Waals surface area contributed by atoms with Gasteiger partial charge in [-0.3, -0.25) is 0 Å². The molecule has 0 aromatic heterocycles. The minimum Gasteiger partial charge on any atom is -0.376 e. The van der Waals surface area contributed by atoms with Gasteiger partial charge in [0.05, 0.1) is 25.4 Å². The fourth-order valence-electron chi connectivity index (χ4n) is 1.41. The average Bonchev–Trinajstić information content (AvgIpc) is 2.29. The maximum absolute atomic E-state index is 13.1. The molecule has 1 aromatic rings. The zero-order valence-electron chi connectivity index (χ0n) is 10.2. The van der Waals surface area contributed by atoms with Gasteiger partial charge in [-0.2, -0.15) is 0 Å². The van der Waals surface area contributed by atoms with Crippen molar-refractivity contribution in [2.75, 3.05) is 18.5 Å². The summed E-state index contributed by atoms with van der Waals surface area (Å²) in [6, 6.07) is 6.47. The molecule has 0 spiro atoms. The fraction of sp³-hybridized carbons (Fsp3) is 0.538. The van der Waals surface area contributed by atoms with Crippen LogP contribution in [0.25, 0.3) is 0 Å². The van der Waals surface area contributed by atoms with Crippen molar-refractivity contribution in [1.29, 1.82) is 0 Å². The van der Waals surface area contributed by atoms with E-state index in [1.165, 1.54) is 12.1 Å². The van der Waals surface area contributed by atoms with Gasteiger partial charge in [-0.05, 0) is 31.5 Å². The second-order valence-electron chi connectivity index (χ2n) is 3.99. The molecule has 0 amide bonds. The monoisotopic (exact) mass is 304 g/mol. The van der Waals surface area contributed by atoms with Crippen LogP contribution in [0.4, 0.5) is 4.39 Å². The van der Waals surface area contributed by atoms with Gasteiger partial charge in [0, 0.05) is 5.33 Å². The summed E-state index contributed by atoms with van der Waals surface area (Å²) >= 11 is 3.37. The summed E-state index contributed by atoms with van der Waals surface area (Å²) in [6.07, 6.45) is 0.0663. The minimum atomic E-state index is -0.240. The van der Waals surface area contributed by atoms with Gasteiger partial charge in [-0.25, -0.2) is 4.39 Å². The predicted octanol–water partition coefficient (Wildman–Crippen LogP) is 3.70. The van der Waals surface area contributed by atoms with Gasteiger partial charge in [-0.15, -0.1) is 0 Å². The molecule has 0 saturated carbocycles. The minimum absolute atomic E-state index is 0.138. The quantitative estimate of drug-likeness (QED) is 0.565. The van der Waals surface area contributed by atoms with Crippen molar-refractivity contribution in [1.82, 2.24) is 0 Å². The van der Waals surface area contributed by atoms with Crippen molar-refractivity contribution in [3.63, 3.8) is 0 Å². The molecule has 1 rings (SSSR count). The van der Waals surface area contributed by atoms with Crippen molar-refractivity contribution in [2.45, 2.75) is 26.1 Å². The standard InChI is InChI=1S/C13H18BrFO2/c1-10(2)16-6-7-17-13(9-14)11-4-3-5-12(15)8-11/h3-5,8,10,13H,6-7,9H2,1-2H3. The maximum atomic E-state index is 13.1. The Balaban J connectivity index is 2.43. The van der Waals surface area contributed by atoms with Crippen molar-refractivity contribution in [2.24, 2.45) is 0 Å². The van der Waals surface area contributed by atoms with Gasteiger partial charge in [0.15, 0.2) is 0 Å². The van der Waals surface area contributed by atoms with E-state index in [1.807, 2.05) is 19.9 Å². The molecule has 0 aliphatic carbocycles. The first kappa shape index (κ1) is 14.6. The number of alkyl halides is 1. The van der Waals surface area contributed by atoms with Crippen LogP contribution in [0.5, 0.6) is 0 Å². The molecule has 0 aliphatic heterocycles. The Labute approximate surface area is 110 Å². The molecule has 0 heterocycles. The second-order valence-corrected chi connectivity index (χ2v) is 4.64. The topological polar surface area (TPSA) is 18.5 Å². The van der Waals surface area contributed by atoms with Crippen molar-refractivity contribution in [3.05, 3.63) is 35.6 Å². The largest absolute Gasteiger partial charge is 0.376 e. The lowest BCUT2D eigenvalue weighted by molar-refractivity contribution is -0.00559. The normalized spacial score (nSPS) is 13.0. The Kier molecular flexibility index (Phi) is 6.70. The van der Waals surface area contributed by atoms with E-state index in [-0.39, 0.29) is 18.0 Å². The molecule has 2 nitrogen and oxygen atoms in total. The van der Waals surface area contributed by atoms with Gasteiger partial charge in [0.1, 0.15) is 5.82 Å². The van der Waals surface area contributed by atoms with Crippen LogP contribution in [0, 0.1) is 5.82 Å². The van der Waals surface area contributed by atoms with Crippen LogP contribution in [0.3, 0.4) is 0 Å². The lowest BCUT2D eigenvalue weighted by atomic mass is 10.1. The average molecular weight is 305 g/mol. The third-order valence-electron chi connectivity index (χ3n) is 2.21. The highest BCUT2D eigenvalue weighted by atomic mass is 79.9. The number of rotatable bonds is 7. The van der Waals surface area contributed by atoms with Crippen LogP contribution < -0.4 is 0 Å². The Bertz CT molecular complexity index is 331. The zero-order chi connectivity index (χ0) is 12.7. The molecule has 4 heteroatoms. The first-order valence-electron chi connectivity index (χ1n) is 5.68. The highest BCUT2D eigenvalue weighted by Gasteiger charge is 2.11. The van der Waals surface area contributed by atoms with Crippen molar-refractivity contribution < 1.29 is 13.9 Å². The molecule has 0 saturated heterocycles. The zero-order valence-corrected chi connectivity index (χ0v) is 11.7. The van der Waals surface area contributed by atoms with Gasteiger partial charge in [0.25, 0.3) is 0 Å². The number of hydrogen-bond acceptors (Lipinski definition) is 2. The molecule has 0 bridgehead atoms. The molecule has 1 atom stereocenters. The summed E-state index contributed by atoms with van der Waals surface area (Å²) < 4.78 is 24.1. The first-order valence-corrected chi connectivity index (χ1v) is 6.80. The Morgan fingerprint density at radius 3 is 2.53 bits per heavy atom. The van der Waals surface area contributed by atoms with E-state index in [0.717, 1.165) is 5.56 Å². The van der Waals surface area contributed by atoms with Crippen LogP contribution in [0.15, 0.2) is 24.3 Å². The van der Waals surface area contributed by atoms with Crippen molar-refractivity contribution in [3.8, 4) is 0 Å². The van der Waals surface area contributed by atoms with Gasteiger partial charge in [0.2, 0.25) is 0 Å². The van der Waals surface area contributed by atoms with E-state index in [2.05, 4.69) is 15.9 Å². The summed E-state index contributed by atoms with van der Waals surface area (Å²) in [7, 11) is 0. The van der Waals surface area contributed by atoms with Gasteiger partial charge in [-0.1, -0.05) is 28.1 Å². The van der Waals surface area contributed by atoms with Crippen LogP contribution in [-0.4, -0.2) is 24.6 Å². The summed E-state index contributed by atoms with van der Waals surface area (Å²) in [5.41, 5.74) is 0.839. The van der Waals surface area contributed by atoms with Gasteiger partial charge >= 0.3 is 0 Å². The van der Waals surface area contributed by atoms with Crippen LogP contribution in [0.2, 0.25) is 0 Å². The maximum Gasteiger partial charge on any atom is 0.123 e. The molecule has 0 fully saturated rings. The summed E-state index contributed by atoms with van der Waals surface area (Å²) in [6.45, 7) is 5.02. The number of hydrogen-bond donors (Lipinski definition) is 0. The smallest absolute Gasteiger partial charge is 0.123 e. The first-order chi connectivity index (χ1) is 8.13. The van der Waals surface area contributed by atoms with E-state index >= 15 is 0 Å². The molecular weight excluding hydrogens is 287 g/mol. The lowest BCUT2D eigenvalue weighted by Gasteiger charge is -2.16.